The zero-order chi connectivity index (χ0) is 14.4. The number of hydrogen-bond acceptors (Lipinski definition) is 3. The van der Waals surface area contributed by atoms with Crippen LogP contribution in [-0.4, -0.2) is 35.1 Å². The van der Waals surface area contributed by atoms with Crippen molar-refractivity contribution in [2.75, 3.05) is 7.05 Å². The van der Waals surface area contributed by atoms with Crippen molar-refractivity contribution in [3.8, 4) is 0 Å². The lowest BCUT2D eigenvalue weighted by Gasteiger charge is -2.24. The Morgan fingerprint density at radius 3 is 2.68 bits per heavy atom. The molecule has 2 N–H and O–H groups in total. The molecule has 0 spiro atoms. The summed E-state index contributed by atoms with van der Waals surface area (Å²) < 4.78 is 0. The molecule has 106 valence electrons. The second-order valence-electron chi connectivity index (χ2n) is 4.25. The molecule has 0 aliphatic heterocycles. The van der Waals surface area contributed by atoms with E-state index in [0.29, 0.717) is 13.0 Å². The van der Waals surface area contributed by atoms with Crippen LogP contribution in [0.4, 0.5) is 4.79 Å². The molecule has 0 saturated heterocycles. The Labute approximate surface area is 117 Å². The van der Waals surface area contributed by atoms with Gasteiger partial charge in [0.1, 0.15) is 6.04 Å². The van der Waals surface area contributed by atoms with E-state index < -0.39 is 12.0 Å². The lowest BCUT2D eigenvalue weighted by atomic mass is 10.2. The van der Waals surface area contributed by atoms with Crippen LogP contribution >= 0.6 is 11.3 Å². The maximum Gasteiger partial charge on any atom is 0.326 e. The highest BCUT2D eigenvalue weighted by atomic mass is 32.1. The Morgan fingerprint density at radius 2 is 2.16 bits per heavy atom. The molecular weight excluding hydrogens is 264 g/mol. The second-order valence-corrected chi connectivity index (χ2v) is 5.26. The van der Waals surface area contributed by atoms with Gasteiger partial charge in [0.05, 0.1) is 6.54 Å². The summed E-state index contributed by atoms with van der Waals surface area (Å²) in [5.41, 5.74) is 1.22. The number of carbonyl (C=O) groups excluding carboxylic acids is 1. The van der Waals surface area contributed by atoms with E-state index in [4.69, 9.17) is 5.11 Å². The van der Waals surface area contributed by atoms with Crippen molar-refractivity contribution >= 4 is 23.3 Å². The largest absolute Gasteiger partial charge is 0.480 e. The Bertz CT molecular complexity index is 445. The average molecular weight is 284 g/mol. The number of rotatable bonds is 6. The summed E-state index contributed by atoms with van der Waals surface area (Å²) in [6, 6.07) is 0.904. The van der Waals surface area contributed by atoms with E-state index in [9.17, 15) is 9.59 Å². The third-order valence-electron chi connectivity index (χ3n) is 3.08. The van der Waals surface area contributed by atoms with E-state index in [1.54, 1.807) is 18.3 Å². The summed E-state index contributed by atoms with van der Waals surface area (Å²) in [6.07, 6.45) is 1.32. The number of hydrogen-bond donors (Lipinski definition) is 2. The number of thiophene rings is 1. The zero-order valence-corrected chi connectivity index (χ0v) is 12.3. The molecule has 6 heteroatoms. The molecule has 0 bridgehead atoms. The number of aryl methyl sites for hydroxylation is 1. The fraction of sp³-hybridized carbons (Fsp3) is 0.538. The molecular formula is C13H20N2O3S. The summed E-state index contributed by atoms with van der Waals surface area (Å²) in [6.45, 7) is 4.26. The van der Waals surface area contributed by atoms with Crippen molar-refractivity contribution in [3.05, 3.63) is 21.9 Å². The zero-order valence-electron chi connectivity index (χ0n) is 11.5. The van der Waals surface area contributed by atoms with E-state index in [-0.39, 0.29) is 6.03 Å². The Balaban J connectivity index is 2.58. The normalized spacial score (nSPS) is 11.9. The Hall–Kier alpha value is -1.56. The van der Waals surface area contributed by atoms with Gasteiger partial charge in [-0.05, 0) is 29.9 Å². The number of likely N-dealkylation sites (N-methyl/N-ethyl adjacent to an activating group) is 1. The number of carboxylic acids is 1. The van der Waals surface area contributed by atoms with Crippen LogP contribution in [0.5, 0.6) is 0 Å². The minimum atomic E-state index is -0.981. The smallest absolute Gasteiger partial charge is 0.326 e. The average Bonchev–Trinajstić information content (AvgIpc) is 2.83. The number of carboxylic acid groups (broad SMARTS) is 1. The summed E-state index contributed by atoms with van der Waals surface area (Å²) in [5, 5.41) is 13.8. The molecule has 1 unspecified atom stereocenters. The van der Waals surface area contributed by atoms with E-state index in [1.807, 2.05) is 11.4 Å². The monoisotopic (exact) mass is 284 g/mol. The number of carbonyl (C=O) groups is 2. The molecule has 5 nitrogen and oxygen atoms in total. The summed E-state index contributed by atoms with van der Waals surface area (Å²) in [7, 11) is 1.51. The molecule has 0 saturated carbocycles. The van der Waals surface area contributed by atoms with Crippen LogP contribution in [0, 0.1) is 0 Å². The molecule has 1 aromatic heterocycles. The van der Waals surface area contributed by atoms with E-state index in [0.717, 1.165) is 11.3 Å². The first kappa shape index (κ1) is 15.5. The number of aliphatic carboxylic acids is 1. The van der Waals surface area contributed by atoms with Crippen molar-refractivity contribution in [3.63, 3.8) is 0 Å². The van der Waals surface area contributed by atoms with Gasteiger partial charge in [-0.25, -0.2) is 9.59 Å². The molecule has 1 rings (SSSR count). The standard InChI is InChI=1S/C13H20N2O3S/c1-4-9-6-7-19-11(9)8-14-13(18)15(3)10(5-2)12(16)17/h6-7,10H,4-5,8H2,1-3H3,(H,14,18)(H,16,17). The molecule has 2 amide bonds. The lowest BCUT2D eigenvalue weighted by Crippen LogP contribution is -2.46. The summed E-state index contributed by atoms with van der Waals surface area (Å²) >= 11 is 1.60. The third-order valence-corrected chi connectivity index (χ3v) is 4.04. The topological polar surface area (TPSA) is 69.6 Å². The maximum atomic E-state index is 11.9. The van der Waals surface area contributed by atoms with Crippen LogP contribution in [-0.2, 0) is 17.8 Å². The van der Waals surface area contributed by atoms with Gasteiger partial charge in [-0.15, -0.1) is 11.3 Å². The highest BCUT2D eigenvalue weighted by molar-refractivity contribution is 7.10. The fourth-order valence-electron chi connectivity index (χ4n) is 1.87. The molecule has 19 heavy (non-hydrogen) atoms. The predicted octanol–water partition coefficient (Wildman–Crippen LogP) is 2.32. The molecule has 1 aromatic rings. The first-order chi connectivity index (χ1) is 9.01. The second kappa shape index (κ2) is 7.13. The van der Waals surface area contributed by atoms with Gasteiger partial charge in [0.25, 0.3) is 0 Å². The van der Waals surface area contributed by atoms with Crippen molar-refractivity contribution in [2.24, 2.45) is 0 Å². The number of urea groups is 1. The predicted molar refractivity (Wildman–Crippen MR) is 75.4 cm³/mol. The van der Waals surface area contributed by atoms with Gasteiger partial charge >= 0.3 is 12.0 Å². The molecule has 0 aromatic carbocycles. The minimum Gasteiger partial charge on any atom is -0.480 e. The van der Waals surface area contributed by atoms with Crippen molar-refractivity contribution in [1.82, 2.24) is 10.2 Å². The summed E-state index contributed by atoms with van der Waals surface area (Å²) in [5.74, 6) is -0.981. The maximum absolute atomic E-state index is 11.9. The number of nitrogens with zero attached hydrogens (tertiary/aromatic N) is 1. The van der Waals surface area contributed by atoms with Gasteiger partial charge in [-0.2, -0.15) is 0 Å². The van der Waals surface area contributed by atoms with E-state index >= 15 is 0 Å². The number of amides is 2. The van der Waals surface area contributed by atoms with Crippen LogP contribution in [0.2, 0.25) is 0 Å². The molecule has 1 atom stereocenters. The Kier molecular flexibility index (Phi) is 5.82. The fourth-order valence-corrected chi connectivity index (χ4v) is 2.79. The van der Waals surface area contributed by atoms with Crippen LogP contribution in [0.25, 0.3) is 0 Å². The van der Waals surface area contributed by atoms with Gasteiger partial charge in [0.2, 0.25) is 0 Å². The van der Waals surface area contributed by atoms with Crippen LogP contribution < -0.4 is 5.32 Å². The van der Waals surface area contributed by atoms with Crippen molar-refractivity contribution in [1.29, 1.82) is 0 Å². The highest BCUT2D eigenvalue weighted by Crippen LogP contribution is 2.17. The first-order valence-corrected chi connectivity index (χ1v) is 7.17. The van der Waals surface area contributed by atoms with Gasteiger partial charge in [0, 0.05) is 11.9 Å². The SMILES string of the molecule is CCc1ccsc1CNC(=O)N(C)C(CC)C(=O)O. The Morgan fingerprint density at radius 1 is 1.47 bits per heavy atom. The molecule has 1 heterocycles. The van der Waals surface area contributed by atoms with Gasteiger partial charge in [0.15, 0.2) is 0 Å². The van der Waals surface area contributed by atoms with Gasteiger partial charge in [-0.1, -0.05) is 13.8 Å². The van der Waals surface area contributed by atoms with Gasteiger partial charge < -0.3 is 15.3 Å². The van der Waals surface area contributed by atoms with Crippen molar-refractivity contribution in [2.45, 2.75) is 39.3 Å². The van der Waals surface area contributed by atoms with Crippen LogP contribution in [0.1, 0.15) is 30.7 Å². The van der Waals surface area contributed by atoms with E-state index in [1.165, 1.54) is 17.5 Å². The minimum absolute atomic E-state index is 0.357. The van der Waals surface area contributed by atoms with Crippen molar-refractivity contribution < 1.29 is 14.7 Å². The number of nitrogens with one attached hydrogen (secondary N) is 1. The molecule has 0 aliphatic carbocycles. The highest BCUT2D eigenvalue weighted by Gasteiger charge is 2.24. The molecule has 0 fully saturated rings. The van der Waals surface area contributed by atoms with E-state index in [2.05, 4.69) is 12.2 Å². The lowest BCUT2D eigenvalue weighted by molar-refractivity contribution is -0.141. The molecule has 0 aliphatic rings. The molecule has 0 radical (unpaired) electrons. The summed E-state index contributed by atoms with van der Waals surface area (Å²) in [4.78, 5) is 25.2. The van der Waals surface area contributed by atoms with Crippen LogP contribution in [0.15, 0.2) is 11.4 Å². The van der Waals surface area contributed by atoms with Gasteiger partial charge in [-0.3, -0.25) is 0 Å². The first-order valence-electron chi connectivity index (χ1n) is 6.29. The third kappa shape index (κ3) is 3.96. The van der Waals surface area contributed by atoms with Crippen LogP contribution in [0.3, 0.4) is 0 Å². The quantitative estimate of drug-likeness (QED) is 0.842.